The van der Waals surface area contributed by atoms with Gasteiger partial charge in [0.05, 0.1) is 26.6 Å². The Morgan fingerprint density at radius 3 is 2.40 bits per heavy atom. The van der Waals surface area contributed by atoms with E-state index in [1.807, 2.05) is 36.4 Å². The van der Waals surface area contributed by atoms with Gasteiger partial charge in [0.25, 0.3) is 21.6 Å². The number of anilines is 1. The van der Waals surface area contributed by atoms with Crippen molar-refractivity contribution in [2.45, 2.75) is 63.4 Å². The zero-order valence-corrected chi connectivity index (χ0v) is 38.2. The monoisotopic (exact) mass is 916 g/mol. The number of halogens is 1. The Morgan fingerprint density at radius 2 is 1.66 bits per heavy atom. The zero-order chi connectivity index (χ0) is 45.0. The molecule has 2 aliphatic carbocycles. The van der Waals surface area contributed by atoms with Crippen LogP contribution in [-0.2, 0) is 16.6 Å². The van der Waals surface area contributed by atoms with Crippen LogP contribution in [0.3, 0.4) is 0 Å². The van der Waals surface area contributed by atoms with E-state index < -0.39 is 20.9 Å². The molecule has 17 heteroatoms. The standard InChI is InChI=1S/C48H53ClN10O5S/c1-48(2)15-13-34(41(28-48)32-3-6-36(49)7-4-32)30-54-19-23-57(24-20-54)38-10-12-40(44(26-38)58-45-25-33-14-16-50-46(33)52-42(45)29-51-58)47(60)53-65(63,64)39-11-5-35(43(27-39)59(61)62)31-55-17-21-56(22-18-55)37-8-9-37/h3-7,10-12,14,16,25-27,29,37,51H,8-9,13,15,17-24,28,30-31H2,1-2H3,(H,53,60). The molecule has 0 spiro atoms. The van der Waals surface area contributed by atoms with Gasteiger partial charge >= 0.3 is 0 Å². The number of hydrogen-bond acceptors (Lipinski definition) is 11. The number of aromatic amines is 1. The quantitative estimate of drug-likeness (QED) is 0.0915. The van der Waals surface area contributed by atoms with Gasteiger partial charge in [-0.05, 0) is 103 Å². The molecule has 3 aromatic heterocycles. The molecule has 0 radical (unpaired) electrons. The lowest BCUT2D eigenvalue weighted by Gasteiger charge is -2.39. The first-order chi connectivity index (χ1) is 31.3. The van der Waals surface area contributed by atoms with Gasteiger partial charge in [0.2, 0.25) is 0 Å². The molecule has 15 nitrogen and oxygen atoms in total. The van der Waals surface area contributed by atoms with Gasteiger partial charge < -0.3 is 4.90 Å². The second kappa shape index (κ2) is 17.3. The fraction of sp³-hybridized carbons (Fsp3) is 0.396. The number of nitrogens with zero attached hydrogens (tertiary/aromatic N) is 8. The van der Waals surface area contributed by atoms with E-state index in [1.165, 1.54) is 41.7 Å². The molecule has 3 fully saturated rings. The van der Waals surface area contributed by atoms with Crippen LogP contribution in [0.5, 0.6) is 0 Å². The number of pyridine rings is 1. The van der Waals surface area contributed by atoms with Crippen molar-refractivity contribution in [1.29, 1.82) is 0 Å². The van der Waals surface area contributed by atoms with Crippen LogP contribution in [0.15, 0.2) is 95.7 Å². The summed E-state index contributed by atoms with van der Waals surface area (Å²) in [6, 6.07) is 21.9. The number of amides is 1. The number of benzene rings is 3. The summed E-state index contributed by atoms with van der Waals surface area (Å²) in [6.07, 6.45) is 9.08. The number of carbonyl (C=O) groups excluding carboxylic acids is 1. The van der Waals surface area contributed by atoms with E-state index in [-0.39, 0.29) is 21.6 Å². The molecule has 0 unspecified atom stereocenters. The molecule has 2 N–H and O–H groups in total. The number of aromatic nitrogens is 4. The van der Waals surface area contributed by atoms with Gasteiger partial charge in [-0.3, -0.25) is 39.4 Å². The van der Waals surface area contributed by atoms with Crippen molar-refractivity contribution >= 4 is 66.5 Å². The summed E-state index contributed by atoms with van der Waals surface area (Å²) >= 11 is 6.27. The van der Waals surface area contributed by atoms with Crippen LogP contribution < -0.4 is 9.62 Å². The topological polar surface area (TPSA) is 166 Å². The van der Waals surface area contributed by atoms with Gasteiger partial charge in [-0.25, -0.2) is 23.1 Å². The number of hydrogen-bond donors (Lipinski definition) is 2. The number of piperazine rings is 2. The first-order valence-corrected chi connectivity index (χ1v) is 24.3. The minimum absolute atomic E-state index is 0.0868. The number of fused-ring (bicyclic) bond motifs is 2. The van der Waals surface area contributed by atoms with Gasteiger partial charge in [0.15, 0.2) is 5.65 Å². The number of nitro groups is 1. The number of H-pyrrole nitrogens is 1. The van der Waals surface area contributed by atoms with Crippen LogP contribution in [0.1, 0.15) is 67.4 Å². The normalized spacial score (nSPS) is 19.0. The van der Waals surface area contributed by atoms with E-state index in [2.05, 4.69) is 60.4 Å². The van der Waals surface area contributed by atoms with E-state index >= 15 is 0 Å². The highest BCUT2D eigenvalue weighted by molar-refractivity contribution is 7.90. The minimum atomic E-state index is -4.54. The molecular weight excluding hydrogens is 864 g/mol. The maximum absolute atomic E-state index is 14.3. The fourth-order valence-electron chi connectivity index (χ4n) is 9.83. The third-order valence-electron chi connectivity index (χ3n) is 13.7. The molecule has 1 amide bonds. The predicted octanol–water partition coefficient (Wildman–Crippen LogP) is 7.65. The van der Waals surface area contributed by atoms with E-state index in [9.17, 15) is 23.3 Å². The summed E-state index contributed by atoms with van der Waals surface area (Å²) in [5.41, 5.74) is 7.74. The number of carbonyl (C=O) groups is 1. The molecule has 4 aliphatic rings. The first-order valence-electron chi connectivity index (χ1n) is 22.5. The van der Waals surface area contributed by atoms with Crippen molar-refractivity contribution < 1.29 is 18.1 Å². The third kappa shape index (κ3) is 9.14. The maximum atomic E-state index is 14.3. The van der Waals surface area contributed by atoms with E-state index in [0.717, 1.165) is 100 Å². The molecule has 0 bridgehead atoms. The third-order valence-corrected chi connectivity index (χ3v) is 15.3. The van der Waals surface area contributed by atoms with Gasteiger partial charge in [-0.15, -0.1) is 0 Å². The lowest BCUT2D eigenvalue weighted by molar-refractivity contribution is -0.386. The second-order valence-corrected chi connectivity index (χ2v) is 20.9. The smallest absolute Gasteiger partial charge is 0.275 e. The van der Waals surface area contributed by atoms with Gasteiger partial charge in [-0.1, -0.05) is 43.2 Å². The average molecular weight is 918 g/mol. The number of allylic oxidation sites excluding steroid dienone is 1. The Hall–Kier alpha value is -5.65. The highest BCUT2D eigenvalue weighted by Gasteiger charge is 2.33. The van der Waals surface area contributed by atoms with E-state index in [1.54, 1.807) is 23.1 Å². The molecule has 6 aromatic rings. The molecule has 10 rings (SSSR count). The Kier molecular flexibility index (Phi) is 11.5. The number of nitrogens with one attached hydrogen (secondary N) is 2. The predicted molar refractivity (Wildman–Crippen MR) is 253 cm³/mol. The van der Waals surface area contributed by atoms with Crippen LogP contribution in [0.2, 0.25) is 5.02 Å². The molecule has 2 saturated heterocycles. The minimum Gasteiger partial charge on any atom is -0.369 e. The lowest BCUT2D eigenvalue weighted by atomic mass is 9.72. The van der Waals surface area contributed by atoms with Gasteiger partial charge in [0.1, 0.15) is 5.52 Å². The van der Waals surface area contributed by atoms with E-state index in [0.29, 0.717) is 40.5 Å². The summed E-state index contributed by atoms with van der Waals surface area (Å²) in [5, 5.41) is 17.1. The van der Waals surface area contributed by atoms with Crippen LogP contribution in [-0.4, -0.2) is 119 Å². The van der Waals surface area contributed by atoms with Crippen molar-refractivity contribution in [2.75, 3.05) is 63.8 Å². The second-order valence-electron chi connectivity index (χ2n) is 18.8. The van der Waals surface area contributed by atoms with Crippen molar-refractivity contribution in [3.8, 4) is 5.69 Å². The molecule has 3 aromatic carbocycles. The molecule has 1 saturated carbocycles. The van der Waals surface area contributed by atoms with Gasteiger partial charge in [0, 0.05) is 112 Å². The largest absolute Gasteiger partial charge is 0.369 e. The molecule has 0 atom stereocenters. The summed E-state index contributed by atoms with van der Waals surface area (Å²) in [6.45, 7) is 12.5. The molecule has 5 heterocycles. The Balaban J connectivity index is 0.902. The van der Waals surface area contributed by atoms with Crippen LogP contribution in [0.4, 0.5) is 11.4 Å². The van der Waals surface area contributed by atoms with Gasteiger partial charge in [-0.2, -0.15) is 0 Å². The molecule has 338 valence electrons. The van der Waals surface area contributed by atoms with Crippen LogP contribution >= 0.6 is 11.6 Å². The average Bonchev–Trinajstić information content (AvgIpc) is 3.91. The summed E-state index contributed by atoms with van der Waals surface area (Å²) in [4.78, 5) is 44.1. The summed E-state index contributed by atoms with van der Waals surface area (Å²) < 4.78 is 31.8. The Morgan fingerprint density at radius 1 is 0.923 bits per heavy atom. The molecular formula is C48H53ClN10O5S. The number of rotatable bonds is 12. The highest BCUT2D eigenvalue weighted by Crippen LogP contribution is 2.43. The Labute approximate surface area is 383 Å². The van der Waals surface area contributed by atoms with Crippen molar-refractivity contribution in [3.63, 3.8) is 0 Å². The lowest BCUT2D eigenvalue weighted by Crippen LogP contribution is -2.47. The maximum Gasteiger partial charge on any atom is 0.275 e. The van der Waals surface area contributed by atoms with Crippen molar-refractivity contribution in [1.82, 2.24) is 39.2 Å². The van der Waals surface area contributed by atoms with Crippen LogP contribution in [0, 0.1) is 15.5 Å². The van der Waals surface area contributed by atoms with Crippen LogP contribution in [0.25, 0.3) is 33.3 Å². The Bertz CT molecular complexity index is 2940. The number of nitro benzene ring substituents is 1. The molecule has 2 aliphatic heterocycles. The summed E-state index contributed by atoms with van der Waals surface area (Å²) in [7, 11) is -4.54. The number of sulfonamides is 1. The fourth-order valence-corrected chi connectivity index (χ4v) is 10.9. The zero-order valence-electron chi connectivity index (χ0n) is 36.7. The first kappa shape index (κ1) is 43.3. The molecule has 65 heavy (non-hydrogen) atoms. The SMILES string of the molecule is CC1(C)CCC(CN2CCN(c3ccc(C(=O)NS(=O)(=O)c4ccc(CN5CCN(C6CC6)CC5)c([N+](=O)[O-])c4)c(-n4[nH]cc5nc6nccc6cc54)c3)CC2)=C(c2ccc(Cl)cc2)C1. The highest BCUT2D eigenvalue weighted by atomic mass is 35.5. The van der Waals surface area contributed by atoms with E-state index in [4.69, 9.17) is 16.6 Å². The summed E-state index contributed by atoms with van der Waals surface area (Å²) in [5.74, 6) is -0.878. The van der Waals surface area contributed by atoms with Crippen molar-refractivity contribution in [2.24, 2.45) is 5.41 Å². The van der Waals surface area contributed by atoms with Crippen molar-refractivity contribution in [3.05, 3.63) is 123 Å².